The van der Waals surface area contributed by atoms with Gasteiger partial charge in [-0.25, -0.2) is 18.2 Å². The number of anilines is 1. The number of alkyl halides is 2. The molecule has 1 unspecified atom stereocenters. The van der Waals surface area contributed by atoms with Gasteiger partial charge < -0.3 is 9.88 Å². The summed E-state index contributed by atoms with van der Waals surface area (Å²) >= 11 is 0.864. The number of rotatable bonds is 6. The molecule has 1 amide bonds. The van der Waals surface area contributed by atoms with Crippen molar-refractivity contribution in [3.05, 3.63) is 42.7 Å². The van der Waals surface area contributed by atoms with Crippen LogP contribution in [-0.4, -0.2) is 27.6 Å². The van der Waals surface area contributed by atoms with Crippen molar-refractivity contribution in [2.75, 3.05) is 11.1 Å². The summed E-state index contributed by atoms with van der Waals surface area (Å²) < 4.78 is 39.6. The zero-order valence-corrected chi connectivity index (χ0v) is 12.5. The van der Waals surface area contributed by atoms with Crippen molar-refractivity contribution in [2.24, 2.45) is 0 Å². The van der Waals surface area contributed by atoms with E-state index >= 15 is 0 Å². The molecular formula is C14H14F3N3OS. The normalized spacial score (nSPS) is 12.4. The van der Waals surface area contributed by atoms with Crippen LogP contribution in [-0.2, 0) is 4.79 Å². The molecule has 0 saturated heterocycles. The number of carbonyl (C=O) groups is 1. The molecule has 0 saturated carbocycles. The van der Waals surface area contributed by atoms with E-state index in [-0.39, 0.29) is 11.6 Å². The van der Waals surface area contributed by atoms with E-state index < -0.39 is 24.0 Å². The van der Waals surface area contributed by atoms with Gasteiger partial charge in [0.15, 0.2) is 0 Å². The van der Waals surface area contributed by atoms with Crippen LogP contribution in [0.4, 0.5) is 18.9 Å². The van der Waals surface area contributed by atoms with E-state index in [1.54, 1.807) is 17.7 Å². The average Bonchev–Trinajstić information content (AvgIpc) is 2.99. The third-order valence-corrected chi connectivity index (χ3v) is 4.00. The summed E-state index contributed by atoms with van der Waals surface area (Å²) in [5.41, 5.74) is 0.183. The predicted molar refractivity (Wildman–Crippen MR) is 78.7 cm³/mol. The highest BCUT2D eigenvalue weighted by Crippen LogP contribution is 2.29. The second kappa shape index (κ2) is 7.35. The first-order chi connectivity index (χ1) is 10.5. The van der Waals surface area contributed by atoms with Crippen LogP contribution in [0.5, 0.6) is 0 Å². The number of hydrogen-bond acceptors (Lipinski definition) is 3. The van der Waals surface area contributed by atoms with Crippen LogP contribution in [0.2, 0.25) is 0 Å². The van der Waals surface area contributed by atoms with E-state index in [0.29, 0.717) is 4.90 Å². The highest BCUT2D eigenvalue weighted by atomic mass is 32.2. The van der Waals surface area contributed by atoms with E-state index in [0.717, 1.165) is 17.8 Å². The van der Waals surface area contributed by atoms with Crippen LogP contribution in [0.1, 0.15) is 13.0 Å². The SMILES string of the molecule is CC(C(=O)Nc1cc(F)ccc1SCC(F)F)n1ccnc1. The molecule has 1 aromatic heterocycles. The fourth-order valence-corrected chi connectivity index (χ4v) is 2.48. The second-order valence-corrected chi connectivity index (χ2v) is 5.58. The van der Waals surface area contributed by atoms with Gasteiger partial charge in [-0.05, 0) is 25.1 Å². The molecule has 4 nitrogen and oxygen atoms in total. The Balaban J connectivity index is 2.13. The maximum absolute atomic E-state index is 13.3. The number of nitrogens with zero attached hydrogens (tertiary/aromatic N) is 2. The Kier molecular flexibility index (Phi) is 5.48. The first-order valence-corrected chi connectivity index (χ1v) is 7.44. The van der Waals surface area contributed by atoms with E-state index in [1.165, 1.54) is 24.7 Å². The quantitative estimate of drug-likeness (QED) is 0.824. The molecule has 0 aliphatic rings. The molecule has 8 heteroatoms. The molecule has 2 aromatic rings. The topological polar surface area (TPSA) is 46.9 Å². The Morgan fingerprint density at radius 1 is 1.45 bits per heavy atom. The molecule has 22 heavy (non-hydrogen) atoms. The molecule has 1 N–H and O–H groups in total. The Morgan fingerprint density at radius 3 is 2.86 bits per heavy atom. The lowest BCUT2D eigenvalue weighted by Crippen LogP contribution is -2.23. The molecule has 1 atom stereocenters. The van der Waals surface area contributed by atoms with Crippen molar-refractivity contribution in [1.82, 2.24) is 9.55 Å². The summed E-state index contributed by atoms with van der Waals surface area (Å²) in [6.07, 6.45) is 2.17. The van der Waals surface area contributed by atoms with Gasteiger partial charge in [0.05, 0.1) is 17.8 Å². The summed E-state index contributed by atoms with van der Waals surface area (Å²) in [7, 11) is 0. The Labute approximate surface area is 129 Å². The van der Waals surface area contributed by atoms with E-state index in [9.17, 15) is 18.0 Å². The highest BCUT2D eigenvalue weighted by Gasteiger charge is 2.17. The summed E-state index contributed by atoms with van der Waals surface area (Å²) in [5.74, 6) is -1.36. The van der Waals surface area contributed by atoms with Crippen molar-refractivity contribution in [3.63, 3.8) is 0 Å². The highest BCUT2D eigenvalue weighted by molar-refractivity contribution is 7.99. The van der Waals surface area contributed by atoms with Crippen LogP contribution >= 0.6 is 11.8 Å². The van der Waals surface area contributed by atoms with Gasteiger partial charge in [-0.2, -0.15) is 0 Å². The molecule has 0 fully saturated rings. The lowest BCUT2D eigenvalue weighted by molar-refractivity contribution is -0.118. The fourth-order valence-electron chi connectivity index (χ4n) is 1.75. The number of thioether (sulfide) groups is 1. The average molecular weight is 329 g/mol. The van der Waals surface area contributed by atoms with Crippen molar-refractivity contribution < 1.29 is 18.0 Å². The third-order valence-electron chi connectivity index (χ3n) is 2.92. The number of amides is 1. The molecule has 0 spiro atoms. The Morgan fingerprint density at radius 2 is 2.23 bits per heavy atom. The number of imidazole rings is 1. The Hall–Kier alpha value is -1.96. The minimum atomic E-state index is -2.48. The molecule has 0 bridgehead atoms. The van der Waals surface area contributed by atoms with E-state index in [4.69, 9.17) is 0 Å². The van der Waals surface area contributed by atoms with Crippen LogP contribution < -0.4 is 5.32 Å². The van der Waals surface area contributed by atoms with Crippen LogP contribution in [0.3, 0.4) is 0 Å². The van der Waals surface area contributed by atoms with Gasteiger partial charge in [0.1, 0.15) is 11.9 Å². The van der Waals surface area contributed by atoms with Gasteiger partial charge in [-0.1, -0.05) is 0 Å². The Bertz CT molecular complexity index is 634. The van der Waals surface area contributed by atoms with Crippen molar-refractivity contribution >= 4 is 23.4 Å². The molecule has 1 heterocycles. The van der Waals surface area contributed by atoms with Crippen molar-refractivity contribution in [1.29, 1.82) is 0 Å². The smallest absolute Gasteiger partial charge is 0.247 e. The van der Waals surface area contributed by atoms with Crippen LogP contribution in [0, 0.1) is 5.82 Å². The van der Waals surface area contributed by atoms with Crippen LogP contribution in [0.15, 0.2) is 41.8 Å². The van der Waals surface area contributed by atoms with Crippen molar-refractivity contribution in [3.8, 4) is 0 Å². The second-order valence-electron chi connectivity index (χ2n) is 4.52. The van der Waals surface area contributed by atoms with Gasteiger partial charge in [0, 0.05) is 17.3 Å². The standard InChI is InChI=1S/C14H14F3N3OS/c1-9(20-5-4-18-8-20)14(21)19-11-6-10(15)2-3-12(11)22-7-13(16)17/h2-6,8-9,13H,7H2,1H3,(H,19,21). The number of hydrogen-bond donors (Lipinski definition) is 1. The van der Waals surface area contributed by atoms with Crippen molar-refractivity contribution in [2.45, 2.75) is 24.3 Å². The summed E-state index contributed by atoms with van der Waals surface area (Å²) in [4.78, 5) is 16.4. The summed E-state index contributed by atoms with van der Waals surface area (Å²) in [5, 5.41) is 2.57. The monoisotopic (exact) mass is 329 g/mol. The lowest BCUT2D eigenvalue weighted by atomic mass is 10.2. The maximum atomic E-state index is 13.3. The number of halogens is 3. The number of aromatic nitrogens is 2. The first kappa shape index (κ1) is 16.4. The minimum absolute atomic E-state index is 0.183. The third kappa shape index (κ3) is 4.27. The fraction of sp³-hybridized carbons (Fsp3) is 0.286. The molecule has 0 aliphatic carbocycles. The van der Waals surface area contributed by atoms with Gasteiger partial charge in [0.2, 0.25) is 12.3 Å². The molecule has 1 aromatic carbocycles. The largest absolute Gasteiger partial charge is 0.325 e. The zero-order valence-electron chi connectivity index (χ0n) is 11.7. The van der Waals surface area contributed by atoms with E-state index in [1.807, 2.05) is 0 Å². The number of carbonyl (C=O) groups excluding carboxylic acids is 1. The summed E-state index contributed by atoms with van der Waals surface area (Å²) in [6.45, 7) is 1.66. The molecular weight excluding hydrogens is 315 g/mol. The lowest BCUT2D eigenvalue weighted by Gasteiger charge is -2.15. The first-order valence-electron chi connectivity index (χ1n) is 6.46. The molecule has 0 aliphatic heterocycles. The minimum Gasteiger partial charge on any atom is -0.325 e. The van der Waals surface area contributed by atoms with Crippen LogP contribution in [0.25, 0.3) is 0 Å². The predicted octanol–water partition coefficient (Wildman–Crippen LogP) is 3.58. The number of benzene rings is 1. The number of nitrogens with one attached hydrogen (secondary N) is 1. The molecule has 2 rings (SSSR count). The molecule has 0 radical (unpaired) electrons. The van der Waals surface area contributed by atoms with Gasteiger partial charge in [-0.15, -0.1) is 11.8 Å². The summed E-state index contributed by atoms with van der Waals surface area (Å²) in [6, 6.07) is 3.10. The van der Waals surface area contributed by atoms with E-state index in [2.05, 4.69) is 10.3 Å². The maximum Gasteiger partial charge on any atom is 0.247 e. The van der Waals surface area contributed by atoms with Gasteiger partial charge in [0.25, 0.3) is 0 Å². The zero-order chi connectivity index (χ0) is 16.1. The molecule has 118 valence electrons. The van der Waals surface area contributed by atoms with Gasteiger partial charge in [-0.3, -0.25) is 4.79 Å². The van der Waals surface area contributed by atoms with Gasteiger partial charge >= 0.3 is 0 Å².